The third-order valence-electron chi connectivity index (χ3n) is 2.85. The van der Waals surface area contributed by atoms with E-state index in [0.29, 0.717) is 36.6 Å². The molecular weight excluding hydrogens is 234 g/mol. The van der Waals surface area contributed by atoms with E-state index < -0.39 is 11.8 Å². The van der Waals surface area contributed by atoms with Crippen LogP contribution in [0.3, 0.4) is 0 Å². The number of rotatable bonds is 4. The van der Waals surface area contributed by atoms with E-state index in [1.165, 1.54) is 0 Å². The molecule has 0 saturated carbocycles. The van der Waals surface area contributed by atoms with Crippen molar-refractivity contribution in [2.75, 3.05) is 13.2 Å². The number of ether oxygens (including phenoxy) is 2. The molecule has 0 fully saturated rings. The van der Waals surface area contributed by atoms with Crippen LogP contribution < -0.4 is 15.2 Å². The van der Waals surface area contributed by atoms with Gasteiger partial charge in [0.25, 0.3) is 0 Å². The van der Waals surface area contributed by atoms with Crippen LogP contribution in [0.4, 0.5) is 0 Å². The fourth-order valence-electron chi connectivity index (χ4n) is 1.91. The average molecular weight is 249 g/mol. The molecule has 96 valence electrons. The zero-order valence-corrected chi connectivity index (χ0v) is 9.93. The molecule has 2 N–H and O–H groups in total. The van der Waals surface area contributed by atoms with Gasteiger partial charge in [0.2, 0.25) is 5.91 Å². The summed E-state index contributed by atoms with van der Waals surface area (Å²) in [6, 6.07) is 5.21. The first-order chi connectivity index (χ1) is 8.72. The van der Waals surface area contributed by atoms with Crippen molar-refractivity contribution in [1.82, 2.24) is 0 Å². The van der Waals surface area contributed by atoms with Crippen LogP contribution in [0.15, 0.2) is 18.2 Å². The van der Waals surface area contributed by atoms with Crippen molar-refractivity contribution in [2.24, 2.45) is 5.73 Å². The van der Waals surface area contributed by atoms with Crippen LogP contribution in [0.5, 0.6) is 11.5 Å². The fraction of sp³-hybridized carbons (Fsp3) is 0.385. The quantitative estimate of drug-likeness (QED) is 0.807. The Hall–Kier alpha value is -2.04. The van der Waals surface area contributed by atoms with Gasteiger partial charge in [-0.05, 0) is 17.7 Å². The molecule has 1 heterocycles. The van der Waals surface area contributed by atoms with E-state index in [4.69, 9.17) is 15.2 Å². The van der Waals surface area contributed by atoms with E-state index >= 15 is 0 Å². The highest BCUT2D eigenvalue weighted by Gasteiger charge is 2.20. The third kappa shape index (κ3) is 2.61. The Labute approximate surface area is 105 Å². The maximum atomic E-state index is 11.3. The summed E-state index contributed by atoms with van der Waals surface area (Å²) in [7, 11) is 0. The van der Waals surface area contributed by atoms with Gasteiger partial charge in [0.05, 0.1) is 19.1 Å². The topological polar surface area (TPSA) is 78.6 Å². The highest BCUT2D eigenvalue weighted by molar-refractivity contribution is 5.84. The molecule has 0 aliphatic carbocycles. The summed E-state index contributed by atoms with van der Waals surface area (Å²) in [5, 5.41) is 0. The summed E-state index contributed by atoms with van der Waals surface area (Å²) in [6.45, 7) is 1.19. The lowest BCUT2D eigenvalue weighted by atomic mass is 9.95. The zero-order chi connectivity index (χ0) is 13.0. The van der Waals surface area contributed by atoms with Gasteiger partial charge in [-0.1, -0.05) is 6.07 Å². The second kappa shape index (κ2) is 5.53. The number of hydrogen-bond acceptors (Lipinski definition) is 4. The molecule has 1 amide bonds. The standard InChI is InChI=1S/C13H15NO4/c14-13(16)10(4-5-15)9-2-3-11-12(8-9)18-7-1-6-17-11/h2-3,5,8,10H,1,4,6-7H2,(H2,14,16). The molecule has 0 radical (unpaired) electrons. The van der Waals surface area contributed by atoms with Gasteiger partial charge in [0.1, 0.15) is 6.29 Å². The molecule has 1 aliphatic heterocycles. The molecule has 1 aliphatic rings. The molecule has 18 heavy (non-hydrogen) atoms. The Balaban J connectivity index is 2.31. The van der Waals surface area contributed by atoms with E-state index in [1.807, 2.05) is 0 Å². The zero-order valence-electron chi connectivity index (χ0n) is 9.93. The third-order valence-corrected chi connectivity index (χ3v) is 2.85. The van der Waals surface area contributed by atoms with Gasteiger partial charge in [-0.15, -0.1) is 0 Å². The Kier molecular flexibility index (Phi) is 3.82. The number of fused-ring (bicyclic) bond motifs is 1. The summed E-state index contributed by atoms with van der Waals surface area (Å²) in [6.07, 6.45) is 1.59. The van der Waals surface area contributed by atoms with Crippen LogP contribution in [0.2, 0.25) is 0 Å². The largest absolute Gasteiger partial charge is 0.490 e. The molecule has 0 aromatic heterocycles. The van der Waals surface area contributed by atoms with Gasteiger partial charge in [0, 0.05) is 12.8 Å². The second-order valence-electron chi connectivity index (χ2n) is 4.11. The predicted octanol–water partition coefficient (Wildman–Crippen LogP) is 1.01. The van der Waals surface area contributed by atoms with Gasteiger partial charge in [0.15, 0.2) is 11.5 Å². The number of benzene rings is 1. The molecular formula is C13H15NO4. The summed E-state index contributed by atoms with van der Waals surface area (Å²) in [4.78, 5) is 21.9. The lowest BCUT2D eigenvalue weighted by Gasteiger charge is -2.13. The number of amides is 1. The Morgan fingerprint density at radius 3 is 2.72 bits per heavy atom. The summed E-state index contributed by atoms with van der Waals surface area (Å²) >= 11 is 0. The van der Waals surface area contributed by atoms with Crippen LogP contribution in [-0.4, -0.2) is 25.4 Å². The molecule has 1 aromatic rings. The first kappa shape index (κ1) is 12.4. The monoisotopic (exact) mass is 249 g/mol. The Bertz CT molecular complexity index is 458. The smallest absolute Gasteiger partial charge is 0.225 e. The minimum atomic E-state index is -0.611. The Morgan fingerprint density at radius 2 is 2.06 bits per heavy atom. The number of primary amides is 1. The Morgan fingerprint density at radius 1 is 1.33 bits per heavy atom. The van der Waals surface area contributed by atoms with Crippen LogP contribution in [0.25, 0.3) is 0 Å². The highest BCUT2D eigenvalue weighted by Crippen LogP contribution is 2.33. The summed E-state index contributed by atoms with van der Waals surface area (Å²) < 4.78 is 11.0. The van der Waals surface area contributed by atoms with Crippen molar-refractivity contribution in [2.45, 2.75) is 18.8 Å². The van der Waals surface area contributed by atoms with Crippen molar-refractivity contribution in [1.29, 1.82) is 0 Å². The number of carbonyl (C=O) groups is 2. The summed E-state index contributed by atoms with van der Waals surface area (Å²) in [5.74, 6) is 0.129. The maximum Gasteiger partial charge on any atom is 0.225 e. The van der Waals surface area contributed by atoms with Crippen molar-refractivity contribution >= 4 is 12.2 Å². The van der Waals surface area contributed by atoms with Gasteiger partial charge in [-0.2, -0.15) is 0 Å². The van der Waals surface area contributed by atoms with Gasteiger partial charge < -0.3 is 20.0 Å². The van der Waals surface area contributed by atoms with Crippen LogP contribution in [-0.2, 0) is 9.59 Å². The van der Waals surface area contributed by atoms with E-state index in [0.717, 1.165) is 6.42 Å². The normalized spacial score (nSPS) is 15.6. The molecule has 5 heteroatoms. The fourth-order valence-corrected chi connectivity index (χ4v) is 1.91. The molecule has 1 aromatic carbocycles. The van der Waals surface area contributed by atoms with E-state index in [9.17, 15) is 9.59 Å². The number of hydrogen-bond donors (Lipinski definition) is 1. The maximum absolute atomic E-state index is 11.3. The van der Waals surface area contributed by atoms with E-state index in [1.54, 1.807) is 18.2 Å². The molecule has 0 spiro atoms. The molecule has 0 saturated heterocycles. The SMILES string of the molecule is NC(=O)C(CC=O)c1ccc2c(c1)OCCCO2. The van der Waals surface area contributed by atoms with Crippen molar-refractivity contribution < 1.29 is 19.1 Å². The van der Waals surface area contributed by atoms with Crippen LogP contribution >= 0.6 is 0 Å². The minimum absolute atomic E-state index is 0.0784. The minimum Gasteiger partial charge on any atom is -0.490 e. The lowest BCUT2D eigenvalue weighted by Crippen LogP contribution is -2.21. The van der Waals surface area contributed by atoms with E-state index in [-0.39, 0.29) is 6.42 Å². The van der Waals surface area contributed by atoms with Gasteiger partial charge in [-0.3, -0.25) is 4.79 Å². The number of nitrogens with two attached hydrogens (primary N) is 1. The predicted molar refractivity (Wildman–Crippen MR) is 64.7 cm³/mol. The van der Waals surface area contributed by atoms with Gasteiger partial charge in [-0.25, -0.2) is 0 Å². The van der Waals surface area contributed by atoms with Crippen LogP contribution in [0.1, 0.15) is 24.3 Å². The molecule has 0 bridgehead atoms. The molecule has 2 rings (SSSR count). The second-order valence-corrected chi connectivity index (χ2v) is 4.11. The average Bonchev–Trinajstić information content (AvgIpc) is 2.59. The van der Waals surface area contributed by atoms with Gasteiger partial charge >= 0.3 is 0 Å². The number of carbonyl (C=O) groups excluding carboxylic acids is 2. The van der Waals surface area contributed by atoms with Crippen molar-refractivity contribution in [3.63, 3.8) is 0 Å². The molecule has 1 unspecified atom stereocenters. The lowest BCUT2D eigenvalue weighted by molar-refractivity contribution is -0.121. The highest BCUT2D eigenvalue weighted by atomic mass is 16.5. The molecule has 5 nitrogen and oxygen atoms in total. The van der Waals surface area contributed by atoms with E-state index in [2.05, 4.69) is 0 Å². The summed E-state index contributed by atoms with van der Waals surface area (Å²) in [5.41, 5.74) is 5.97. The first-order valence-electron chi connectivity index (χ1n) is 5.85. The van der Waals surface area contributed by atoms with Crippen molar-refractivity contribution in [3.05, 3.63) is 23.8 Å². The van der Waals surface area contributed by atoms with Crippen LogP contribution in [0, 0.1) is 0 Å². The molecule has 1 atom stereocenters. The number of aldehydes is 1. The first-order valence-corrected chi connectivity index (χ1v) is 5.85. The van der Waals surface area contributed by atoms with Crippen molar-refractivity contribution in [3.8, 4) is 11.5 Å².